The lowest BCUT2D eigenvalue weighted by Crippen LogP contribution is -2.41. The summed E-state index contributed by atoms with van der Waals surface area (Å²) < 4.78 is 13.6. The summed E-state index contributed by atoms with van der Waals surface area (Å²) in [5, 5.41) is 20.4. The Balaban J connectivity index is 2.64. The van der Waals surface area contributed by atoms with Gasteiger partial charge in [0, 0.05) is 25.2 Å². The van der Waals surface area contributed by atoms with Crippen LogP contribution in [0.1, 0.15) is 30.9 Å². The van der Waals surface area contributed by atoms with Crippen LogP contribution in [0.25, 0.3) is 0 Å². The second kappa shape index (κ2) is 8.93. The predicted molar refractivity (Wildman–Crippen MR) is 76.9 cm³/mol. The van der Waals surface area contributed by atoms with Gasteiger partial charge in [-0.3, -0.25) is 0 Å². The maximum absolute atomic E-state index is 13.6. The van der Waals surface area contributed by atoms with Crippen LogP contribution in [-0.4, -0.2) is 35.7 Å². The molecule has 0 aromatic heterocycles. The van der Waals surface area contributed by atoms with E-state index in [0.717, 1.165) is 12.8 Å². The van der Waals surface area contributed by atoms with Gasteiger partial charge in [-0.05, 0) is 24.6 Å². The molecule has 0 spiro atoms. The van der Waals surface area contributed by atoms with Crippen LogP contribution in [0.4, 0.5) is 9.18 Å². The molecule has 0 heterocycles. The molecule has 5 nitrogen and oxygen atoms in total. The number of aliphatic hydroxyl groups is 1. The number of rotatable bonds is 7. The van der Waals surface area contributed by atoms with Crippen molar-refractivity contribution in [2.75, 3.05) is 19.7 Å². The number of carbonyl (C=O) groups is 1. The summed E-state index contributed by atoms with van der Waals surface area (Å²) in [5.41, 5.74) is 0.612. The van der Waals surface area contributed by atoms with Gasteiger partial charge in [0.2, 0.25) is 0 Å². The van der Waals surface area contributed by atoms with E-state index in [4.69, 9.17) is 10.4 Å². The van der Waals surface area contributed by atoms with Crippen LogP contribution in [0.3, 0.4) is 0 Å². The fourth-order valence-corrected chi connectivity index (χ4v) is 1.85. The first-order chi connectivity index (χ1) is 10.1. The third-order valence-electron chi connectivity index (χ3n) is 3.04. The Morgan fingerprint density at radius 1 is 1.48 bits per heavy atom. The van der Waals surface area contributed by atoms with Gasteiger partial charge in [-0.1, -0.05) is 13.3 Å². The molecule has 0 aliphatic carbocycles. The first-order valence-corrected chi connectivity index (χ1v) is 6.94. The quantitative estimate of drug-likeness (QED) is 0.807. The van der Waals surface area contributed by atoms with Crippen molar-refractivity contribution in [3.8, 4) is 6.07 Å². The third-order valence-corrected chi connectivity index (χ3v) is 3.04. The SMILES string of the molecule is CCCCN(CCO)C(=O)NCc1cc(C#N)ccc1F. The fourth-order valence-electron chi connectivity index (χ4n) is 1.85. The number of nitrogens with one attached hydrogen (secondary N) is 1. The zero-order valence-electron chi connectivity index (χ0n) is 12.1. The molecule has 1 rings (SSSR count). The number of halogens is 1. The van der Waals surface area contributed by atoms with Gasteiger partial charge in [0.05, 0.1) is 18.2 Å². The molecule has 0 atom stereocenters. The predicted octanol–water partition coefficient (Wildman–Crippen LogP) is 2.00. The minimum absolute atomic E-state index is 0.00817. The number of hydrogen-bond acceptors (Lipinski definition) is 3. The molecule has 6 heteroatoms. The molecule has 2 N–H and O–H groups in total. The third kappa shape index (κ3) is 5.40. The van der Waals surface area contributed by atoms with Crippen molar-refractivity contribution in [2.45, 2.75) is 26.3 Å². The summed E-state index contributed by atoms with van der Waals surface area (Å²) in [6.45, 7) is 2.69. The number of aliphatic hydroxyl groups excluding tert-OH is 1. The molecule has 2 amide bonds. The summed E-state index contributed by atoms with van der Waals surface area (Å²) in [5.74, 6) is -0.462. The van der Waals surface area contributed by atoms with Crippen LogP contribution in [-0.2, 0) is 6.54 Å². The van der Waals surface area contributed by atoms with Crippen molar-refractivity contribution in [1.82, 2.24) is 10.2 Å². The lowest BCUT2D eigenvalue weighted by molar-refractivity contribution is 0.176. The number of nitriles is 1. The smallest absolute Gasteiger partial charge is 0.317 e. The first kappa shape index (κ1) is 16.9. The van der Waals surface area contributed by atoms with Crippen molar-refractivity contribution in [3.05, 3.63) is 35.1 Å². The number of hydrogen-bond donors (Lipinski definition) is 2. The molecule has 0 aliphatic heterocycles. The van der Waals surface area contributed by atoms with E-state index >= 15 is 0 Å². The van der Waals surface area contributed by atoms with Crippen LogP contribution in [0.2, 0.25) is 0 Å². The molecular formula is C15H20FN3O2. The lowest BCUT2D eigenvalue weighted by atomic mass is 10.1. The second-order valence-corrected chi connectivity index (χ2v) is 4.64. The average molecular weight is 293 g/mol. The minimum atomic E-state index is -0.462. The number of nitrogens with zero attached hydrogens (tertiary/aromatic N) is 2. The van der Waals surface area contributed by atoms with Crippen LogP contribution in [0.5, 0.6) is 0 Å². The monoisotopic (exact) mass is 293 g/mol. The largest absolute Gasteiger partial charge is 0.395 e. The van der Waals surface area contributed by atoms with Gasteiger partial charge in [-0.2, -0.15) is 5.26 Å². The molecule has 21 heavy (non-hydrogen) atoms. The zero-order chi connectivity index (χ0) is 15.7. The summed E-state index contributed by atoms with van der Waals surface area (Å²) in [7, 11) is 0. The molecule has 114 valence electrons. The van der Waals surface area contributed by atoms with Gasteiger partial charge in [0.25, 0.3) is 0 Å². The van der Waals surface area contributed by atoms with Crippen LogP contribution in [0.15, 0.2) is 18.2 Å². The van der Waals surface area contributed by atoms with E-state index in [9.17, 15) is 9.18 Å². The highest BCUT2D eigenvalue weighted by atomic mass is 19.1. The van der Waals surface area contributed by atoms with Gasteiger partial charge in [-0.25, -0.2) is 9.18 Å². The van der Waals surface area contributed by atoms with Crippen molar-refractivity contribution in [1.29, 1.82) is 5.26 Å². The number of carbonyl (C=O) groups excluding carboxylic acids is 1. The van der Waals surface area contributed by atoms with Crippen LogP contribution < -0.4 is 5.32 Å². The zero-order valence-corrected chi connectivity index (χ0v) is 12.1. The molecule has 0 bridgehead atoms. The molecule has 1 aromatic rings. The van der Waals surface area contributed by atoms with E-state index in [2.05, 4.69) is 5.32 Å². The summed E-state index contributed by atoms with van der Waals surface area (Å²) in [6, 6.07) is 5.60. The Bertz CT molecular complexity index is 514. The number of urea groups is 1. The Kier molecular flexibility index (Phi) is 7.19. The molecule has 0 unspecified atom stereocenters. The standard InChI is InChI=1S/C15H20FN3O2/c1-2-3-6-19(7-8-20)15(21)18-11-13-9-12(10-17)4-5-14(13)16/h4-5,9,20H,2-3,6-8,11H2,1H3,(H,18,21). The van der Waals surface area contributed by atoms with Gasteiger partial charge in [-0.15, -0.1) is 0 Å². The van der Waals surface area contributed by atoms with E-state index < -0.39 is 5.82 Å². The Morgan fingerprint density at radius 3 is 2.86 bits per heavy atom. The van der Waals surface area contributed by atoms with Crippen LogP contribution in [0, 0.1) is 17.1 Å². The van der Waals surface area contributed by atoms with E-state index in [1.807, 2.05) is 13.0 Å². The number of amides is 2. The Hall–Kier alpha value is -2.13. The van der Waals surface area contributed by atoms with Gasteiger partial charge in [0.15, 0.2) is 0 Å². The molecule has 0 radical (unpaired) electrons. The molecule has 0 saturated carbocycles. The van der Waals surface area contributed by atoms with Crippen molar-refractivity contribution < 1.29 is 14.3 Å². The first-order valence-electron chi connectivity index (χ1n) is 6.94. The topological polar surface area (TPSA) is 76.4 Å². The Morgan fingerprint density at radius 2 is 2.24 bits per heavy atom. The number of benzene rings is 1. The van der Waals surface area contributed by atoms with Crippen molar-refractivity contribution in [2.24, 2.45) is 0 Å². The second-order valence-electron chi connectivity index (χ2n) is 4.64. The summed E-state index contributed by atoms with van der Waals surface area (Å²) in [6.07, 6.45) is 1.78. The molecule has 0 aliphatic rings. The van der Waals surface area contributed by atoms with Crippen molar-refractivity contribution in [3.63, 3.8) is 0 Å². The summed E-state index contributed by atoms with van der Waals surface area (Å²) >= 11 is 0. The summed E-state index contributed by atoms with van der Waals surface area (Å²) in [4.78, 5) is 13.5. The van der Waals surface area contributed by atoms with E-state index in [1.165, 1.54) is 23.1 Å². The fraction of sp³-hybridized carbons (Fsp3) is 0.467. The van der Waals surface area contributed by atoms with Gasteiger partial charge >= 0.3 is 6.03 Å². The lowest BCUT2D eigenvalue weighted by Gasteiger charge is -2.22. The van der Waals surface area contributed by atoms with E-state index in [-0.39, 0.29) is 31.3 Å². The molecule has 0 saturated heterocycles. The van der Waals surface area contributed by atoms with E-state index in [0.29, 0.717) is 12.1 Å². The maximum Gasteiger partial charge on any atom is 0.317 e. The van der Waals surface area contributed by atoms with Crippen molar-refractivity contribution >= 4 is 6.03 Å². The highest BCUT2D eigenvalue weighted by Gasteiger charge is 2.13. The minimum Gasteiger partial charge on any atom is -0.395 e. The maximum atomic E-state index is 13.6. The van der Waals surface area contributed by atoms with Crippen LogP contribution >= 0.6 is 0 Å². The Labute approximate surface area is 124 Å². The van der Waals surface area contributed by atoms with Gasteiger partial charge < -0.3 is 15.3 Å². The van der Waals surface area contributed by atoms with E-state index in [1.54, 1.807) is 0 Å². The highest BCUT2D eigenvalue weighted by molar-refractivity contribution is 5.74. The molecule has 1 aromatic carbocycles. The van der Waals surface area contributed by atoms with Gasteiger partial charge in [0.1, 0.15) is 5.82 Å². The molecule has 0 fully saturated rings. The molecular weight excluding hydrogens is 273 g/mol. The normalized spacial score (nSPS) is 10.0. The average Bonchev–Trinajstić information content (AvgIpc) is 2.50. The number of unbranched alkanes of at least 4 members (excludes halogenated alkanes) is 1. The highest BCUT2D eigenvalue weighted by Crippen LogP contribution is 2.10.